The van der Waals surface area contributed by atoms with E-state index in [1.165, 1.54) is 22.3 Å². The molecule has 0 aliphatic heterocycles. The second kappa shape index (κ2) is 6.45. The molecule has 0 aliphatic carbocycles. The van der Waals surface area contributed by atoms with Crippen molar-refractivity contribution in [1.82, 2.24) is 0 Å². The maximum absolute atomic E-state index is 9.59. The van der Waals surface area contributed by atoms with E-state index in [4.69, 9.17) is 4.74 Å². The maximum atomic E-state index is 9.59. The van der Waals surface area contributed by atoms with Crippen LogP contribution in [0.25, 0.3) is 0 Å². The minimum absolute atomic E-state index is 0.193. The zero-order valence-electron chi connectivity index (χ0n) is 13.1. The lowest BCUT2D eigenvalue weighted by Gasteiger charge is -2.17. The molecule has 0 bridgehead atoms. The molecule has 108 valence electrons. The molecule has 0 saturated carbocycles. The summed E-state index contributed by atoms with van der Waals surface area (Å²) in [5.41, 5.74) is 5.99. The molecule has 0 aliphatic rings. The van der Waals surface area contributed by atoms with Gasteiger partial charge in [-0.2, -0.15) is 5.26 Å². The zero-order valence-corrected chi connectivity index (χ0v) is 13.1. The van der Waals surface area contributed by atoms with Crippen molar-refractivity contribution in [1.29, 1.82) is 5.26 Å². The minimum atomic E-state index is -0.193. The molecule has 0 N–H and O–H groups in total. The van der Waals surface area contributed by atoms with Gasteiger partial charge in [-0.05, 0) is 49.9 Å². The second-order valence-electron chi connectivity index (χ2n) is 5.51. The fraction of sp³-hybridized carbons (Fsp3) is 0.316. The van der Waals surface area contributed by atoms with Gasteiger partial charge in [0.05, 0.1) is 19.1 Å². The van der Waals surface area contributed by atoms with Crippen LogP contribution >= 0.6 is 0 Å². The average Bonchev–Trinajstić information content (AvgIpc) is 2.46. The maximum Gasteiger partial charge on any atom is 0.123 e. The molecule has 2 heteroatoms. The predicted octanol–water partition coefficient (Wildman–Crippen LogP) is 4.47. The van der Waals surface area contributed by atoms with Crippen molar-refractivity contribution in [2.75, 3.05) is 7.11 Å². The van der Waals surface area contributed by atoms with Crippen LogP contribution in [-0.4, -0.2) is 7.11 Å². The highest BCUT2D eigenvalue weighted by atomic mass is 16.5. The monoisotopic (exact) mass is 279 g/mol. The number of nitriles is 1. The predicted molar refractivity (Wildman–Crippen MR) is 85.7 cm³/mol. The SMILES string of the molecule is COc1ccccc1C(C#N)Cc1c(C)cc(C)cc1C. The van der Waals surface area contributed by atoms with E-state index in [9.17, 15) is 5.26 Å². The average molecular weight is 279 g/mol. The number of para-hydroxylation sites is 1. The molecule has 2 aromatic rings. The van der Waals surface area contributed by atoms with Crippen molar-refractivity contribution >= 4 is 0 Å². The highest BCUT2D eigenvalue weighted by Crippen LogP contribution is 2.30. The Morgan fingerprint density at radius 3 is 2.29 bits per heavy atom. The standard InChI is InChI=1S/C19H21NO/c1-13-9-14(2)18(15(3)10-13)11-16(12-20)17-7-5-6-8-19(17)21-4/h5-10,16H,11H2,1-4H3. The largest absolute Gasteiger partial charge is 0.496 e. The first-order valence-corrected chi connectivity index (χ1v) is 7.16. The lowest BCUT2D eigenvalue weighted by Crippen LogP contribution is -2.06. The number of hydrogen-bond acceptors (Lipinski definition) is 2. The summed E-state index contributed by atoms with van der Waals surface area (Å²) in [6, 6.07) is 14.6. The van der Waals surface area contributed by atoms with Crippen LogP contribution in [0.2, 0.25) is 0 Å². The molecule has 2 nitrogen and oxygen atoms in total. The zero-order chi connectivity index (χ0) is 15.4. The second-order valence-corrected chi connectivity index (χ2v) is 5.51. The van der Waals surface area contributed by atoms with Crippen LogP contribution in [0.3, 0.4) is 0 Å². The highest BCUT2D eigenvalue weighted by molar-refractivity contribution is 5.43. The Hall–Kier alpha value is -2.27. The van der Waals surface area contributed by atoms with Gasteiger partial charge in [-0.1, -0.05) is 35.9 Å². The number of ether oxygens (including phenoxy) is 1. The van der Waals surface area contributed by atoms with Gasteiger partial charge in [-0.3, -0.25) is 0 Å². The van der Waals surface area contributed by atoms with Gasteiger partial charge in [0.2, 0.25) is 0 Å². The summed E-state index contributed by atoms with van der Waals surface area (Å²) in [7, 11) is 1.65. The van der Waals surface area contributed by atoms with Crippen LogP contribution in [0.5, 0.6) is 5.75 Å². The summed E-state index contributed by atoms with van der Waals surface area (Å²) in [6.07, 6.45) is 0.717. The van der Waals surface area contributed by atoms with Crippen molar-refractivity contribution in [3.8, 4) is 11.8 Å². The van der Waals surface area contributed by atoms with Crippen molar-refractivity contribution in [2.45, 2.75) is 33.1 Å². The third-order valence-electron chi connectivity index (χ3n) is 3.92. The molecule has 2 aromatic carbocycles. The van der Waals surface area contributed by atoms with Crippen LogP contribution in [0, 0.1) is 32.1 Å². The highest BCUT2D eigenvalue weighted by Gasteiger charge is 2.18. The van der Waals surface area contributed by atoms with Gasteiger partial charge in [-0.15, -0.1) is 0 Å². The van der Waals surface area contributed by atoms with Crippen molar-refractivity contribution in [2.24, 2.45) is 0 Å². The summed E-state index contributed by atoms with van der Waals surface area (Å²) < 4.78 is 5.39. The van der Waals surface area contributed by atoms with E-state index < -0.39 is 0 Å². The van der Waals surface area contributed by atoms with E-state index in [0.29, 0.717) is 0 Å². The van der Waals surface area contributed by atoms with E-state index >= 15 is 0 Å². The Kier molecular flexibility index (Phi) is 4.65. The molecule has 0 radical (unpaired) electrons. The van der Waals surface area contributed by atoms with Crippen molar-refractivity contribution in [3.05, 3.63) is 64.2 Å². The Morgan fingerprint density at radius 2 is 1.71 bits per heavy atom. The Bertz CT molecular complexity index is 659. The Balaban J connectivity index is 2.39. The lowest BCUT2D eigenvalue weighted by atomic mass is 9.88. The first-order chi connectivity index (χ1) is 10.1. The third-order valence-corrected chi connectivity index (χ3v) is 3.92. The fourth-order valence-electron chi connectivity index (χ4n) is 2.92. The first-order valence-electron chi connectivity index (χ1n) is 7.16. The normalized spacial score (nSPS) is 11.8. The van der Waals surface area contributed by atoms with Crippen LogP contribution in [0.4, 0.5) is 0 Å². The van der Waals surface area contributed by atoms with Gasteiger partial charge in [0.1, 0.15) is 5.75 Å². The lowest BCUT2D eigenvalue weighted by molar-refractivity contribution is 0.408. The molecule has 1 unspecified atom stereocenters. The number of hydrogen-bond donors (Lipinski definition) is 0. The summed E-state index contributed by atoms with van der Waals surface area (Å²) in [6.45, 7) is 6.34. The Morgan fingerprint density at radius 1 is 1.10 bits per heavy atom. The van der Waals surface area contributed by atoms with E-state index in [2.05, 4.69) is 39.0 Å². The molecule has 0 spiro atoms. The van der Waals surface area contributed by atoms with Gasteiger partial charge in [-0.25, -0.2) is 0 Å². The fourth-order valence-corrected chi connectivity index (χ4v) is 2.92. The van der Waals surface area contributed by atoms with Crippen molar-refractivity contribution in [3.63, 3.8) is 0 Å². The van der Waals surface area contributed by atoms with E-state index in [0.717, 1.165) is 17.7 Å². The van der Waals surface area contributed by atoms with Gasteiger partial charge >= 0.3 is 0 Å². The quantitative estimate of drug-likeness (QED) is 0.827. The molecule has 1 atom stereocenters. The van der Waals surface area contributed by atoms with Crippen LogP contribution in [0.1, 0.15) is 33.7 Å². The van der Waals surface area contributed by atoms with Gasteiger partial charge < -0.3 is 4.74 Å². The minimum Gasteiger partial charge on any atom is -0.496 e. The van der Waals surface area contributed by atoms with Crippen molar-refractivity contribution < 1.29 is 4.74 Å². The summed E-state index contributed by atoms with van der Waals surface area (Å²) in [4.78, 5) is 0. The third kappa shape index (κ3) is 3.25. The summed E-state index contributed by atoms with van der Waals surface area (Å²) in [5.74, 6) is 0.590. The van der Waals surface area contributed by atoms with E-state index in [-0.39, 0.29) is 5.92 Å². The topological polar surface area (TPSA) is 33.0 Å². The smallest absolute Gasteiger partial charge is 0.123 e. The molecular weight excluding hydrogens is 258 g/mol. The summed E-state index contributed by atoms with van der Waals surface area (Å²) in [5, 5.41) is 9.59. The summed E-state index contributed by atoms with van der Waals surface area (Å²) >= 11 is 0. The molecule has 21 heavy (non-hydrogen) atoms. The van der Waals surface area contributed by atoms with Gasteiger partial charge in [0.25, 0.3) is 0 Å². The van der Waals surface area contributed by atoms with Crippen LogP contribution in [-0.2, 0) is 6.42 Å². The first kappa shape index (κ1) is 15.1. The molecule has 0 fully saturated rings. The number of benzene rings is 2. The van der Waals surface area contributed by atoms with Crippen LogP contribution < -0.4 is 4.74 Å². The molecule has 2 rings (SSSR count). The molecule has 0 amide bonds. The number of nitrogens with zero attached hydrogens (tertiary/aromatic N) is 1. The number of aryl methyl sites for hydroxylation is 3. The van der Waals surface area contributed by atoms with E-state index in [1.54, 1.807) is 7.11 Å². The Labute approximate surface area is 127 Å². The van der Waals surface area contributed by atoms with Crippen LogP contribution in [0.15, 0.2) is 36.4 Å². The van der Waals surface area contributed by atoms with Gasteiger partial charge in [0.15, 0.2) is 0 Å². The van der Waals surface area contributed by atoms with E-state index in [1.807, 2.05) is 24.3 Å². The molecule has 0 heterocycles. The molecule has 0 saturated heterocycles. The number of methoxy groups -OCH3 is 1. The molecule has 0 aromatic heterocycles. The molecular formula is C19H21NO. The number of rotatable bonds is 4. The van der Waals surface area contributed by atoms with Gasteiger partial charge in [0, 0.05) is 5.56 Å².